The number of hydrogen-bond donors (Lipinski definition) is 4. The van der Waals surface area contributed by atoms with Gasteiger partial charge in [-0.1, -0.05) is 64.2 Å². The van der Waals surface area contributed by atoms with Crippen LogP contribution in [-0.2, 0) is 24.0 Å². The first-order valence-electron chi connectivity index (χ1n) is 15.7. The summed E-state index contributed by atoms with van der Waals surface area (Å²) in [6.07, 6.45) is 18.4. The van der Waals surface area contributed by atoms with E-state index < -0.39 is 18.0 Å². The van der Waals surface area contributed by atoms with Crippen LogP contribution in [-0.4, -0.2) is 52.3 Å². The van der Waals surface area contributed by atoms with E-state index in [0.717, 1.165) is 51.4 Å². The minimum absolute atomic E-state index is 0.0130. The summed E-state index contributed by atoms with van der Waals surface area (Å²) in [7, 11) is 0. The highest BCUT2D eigenvalue weighted by molar-refractivity contribution is 5.85. The van der Waals surface area contributed by atoms with Crippen molar-refractivity contribution in [3.63, 3.8) is 0 Å². The maximum Gasteiger partial charge on any atom is 0.326 e. The Labute approximate surface area is 240 Å². The Morgan fingerprint density at radius 1 is 0.675 bits per heavy atom. The van der Waals surface area contributed by atoms with Gasteiger partial charge in [-0.3, -0.25) is 14.4 Å². The van der Waals surface area contributed by atoms with E-state index in [4.69, 9.17) is 5.11 Å². The molecule has 0 spiro atoms. The Hall–Kier alpha value is -2.45. The van der Waals surface area contributed by atoms with Gasteiger partial charge in [0.25, 0.3) is 0 Å². The predicted octanol–water partition coefficient (Wildman–Crippen LogP) is 5.78. The Kier molecular flexibility index (Phi) is 19.8. The average molecular weight is 567 g/mol. The van der Waals surface area contributed by atoms with E-state index in [1.54, 1.807) is 0 Å². The fraction of sp³-hybridized carbons (Fsp3) is 0.839. The molecule has 0 aromatic carbocycles. The van der Waals surface area contributed by atoms with Crippen LogP contribution < -0.4 is 10.6 Å². The third-order valence-electron chi connectivity index (χ3n) is 7.99. The molecule has 0 radical (unpaired) electrons. The molecule has 1 atom stereocenters. The van der Waals surface area contributed by atoms with Gasteiger partial charge in [-0.25, -0.2) is 4.79 Å². The summed E-state index contributed by atoms with van der Waals surface area (Å²) < 4.78 is 0. The molecule has 9 heteroatoms. The zero-order chi connectivity index (χ0) is 29.6. The smallest absolute Gasteiger partial charge is 0.326 e. The van der Waals surface area contributed by atoms with Gasteiger partial charge in [0.15, 0.2) is 0 Å². The quantitative estimate of drug-likeness (QED) is 0.108. The maximum absolute atomic E-state index is 12.6. The van der Waals surface area contributed by atoms with Gasteiger partial charge >= 0.3 is 11.9 Å². The number of carbonyl (C=O) groups excluding carboxylic acids is 3. The van der Waals surface area contributed by atoms with Gasteiger partial charge in [0.1, 0.15) is 11.8 Å². The van der Waals surface area contributed by atoms with Gasteiger partial charge in [0.05, 0.1) is 0 Å². The van der Waals surface area contributed by atoms with Crippen LogP contribution in [0.3, 0.4) is 0 Å². The molecule has 0 bridgehead atoms. The zero-order valence-electron chi connectivity index (χ0n) is 24.7. The van der Waals surface area contributed by atoms with E-state index in [0.29, 0.717) is 44.6 Å². The van der Waals surface area contributed by atoms with E-state index in [1.165, 1.54) is 45.4 Å². The van der Waals surface area contributed by atoms with Crippen molar-refractivity contribution in [2.45, 2.75) is 148 Å². The second-order valence-electron chi connectivity index (χ2n) is 11.7. The number of carboxylic acids is 2. The van der Waals surface area contributed by atoms with Gasteiger partial charge in [-0.05, 0) is 64.2 Å². The van der Waals surface area contributed by atoms with E-state index in [9.17, 15) is 29.1 Å². The molecule has 0 heterocycles. The largest absolute Gasteiger partial charge is 0.481 e. The minimum Gasteiger partial charge on any atom is -0.481 e. The van der Waals surface area contributed by atoms with Crippen LogP contribution in [0.5, 0.6) is 0 Å². The summed E-state index contributed by atoms with van der Waals surface area (Å²) in [4.78, 5) is 57.8. The first kappa shape index (κ1) is 35.6. The van der Waals surface area contributed by atoms with Gasteiger partial charge in [0, 0.05) is 31.7 Å². The molecular formula is C31H54N2O7. The standard InChI is InChI=1S/C31H54N2O7/c1-24(34)15-14-16-27(31(39)40)33-30(38)26-21-19-25(20-22-26)23-32-28(35)17-12-10-8-6-4-2-3-5-7-9-11-13-18-29(36)37/h25-27H,2-23H2,1H3,(H,32,35)(H,33,38)(H,36,37)(H,39,40)/t25?,26?,27-/m0/s1. The highest BCUT2D eigenvalue weighted by atomic mass is 16.4. The fourth-order valence-electron chi connectivity index (χ4n) is 5.41. The summed E-state index contributed by atoms with van der Waals surface area (Å²) in [6, 6.07) is -0.956. The zero-order valence-corrected chi connectivity index (χ0v) is 24.7. The summed E-state index contributed by atoms with van der Waals surface area (Å²) in [5.41, 5.74) is 0. The summed E-state index contributed by atoms with van der Waals surface area (Å²) in [6.45, 7) is 2.11. The lowest BCUT2D eigenvalue weighted by Gasteiger charge is -2.28. The number of rotatable bonds is 24. The Balaban J connectivity index is 2.01. The van der Waals surface area contributed by atoms with E-state index in [-0.39, 0.29) is 36.4 Å². The monoisotopic (exact) mass is 566 g/mol. The highest BCUT2D eigenvalue weighted by Crippen LogP contribution is 2.29. The third kappa shape index (κ3) is 18.8. The van der Waals surface area contributed by atoms with Crippen molar-refractivity contribution in [1.29, 1.82) is 0 Å². The molecule has 0 aromatic heterocycles. The van der Waals surface area contributed by atoms with Crippen molar-refractivity contribution in [3.8, 4) is 0 Å². The van der Waals surface area contributed by atoms with E-state index >= 15 is 0 Å². The molecule has 1 rings (SSSR count). The molecule has 9 nitrogen and oxygen atoms in total. The van der Waals surface area contributed by atoms with Crippen LogP contribution in [0, 0.1) is 11.8 Å². The van der Waals surface area contributed by atoms with Crippen LogP contribution in [0.4, 0.5) is 0 Å². The van der Waals surface area contributed by atoms with Crippen molar-refractivity contribution in [3.05, 3.63) is 0 Å². The molecule has 40 heavy (non-hydrogen) atoms. The topological polar surface area (TPSA) is 150 Å². The number of aliphatic carboxylic acids is 2. The lowest BCUT2D eigenvalue weighted by molar-refractivity contribution is -0.143. The first-order valence-corrected chi connectivity index (χ1v) is 15.7. The second-order valence-corrected chi connectivity index (χ2v) is 11.7. The van der Waals surface area contributed by atoms with Gasteiger partial charge in [0.2, 0.25) is 11.8 Å². The molecule has 1 saturated carbocycles. The molecule has 0 unspecified atom stereocenters. The molecule has 1 fully saturated rings. The first-order chi connectivity index (χ1) is 19.2. The Morgan fingerprint density at radius 2 is 1.18 bits per heavy atom. The average Bonchev–Trinajstić information content (AvgIpc) is 2.91. The third-order valence-corrected chi connectivity index (χ3v) is 7.99. The second kappa shape index (κ2) is 22.3. The summed E-state index contributed by atoms with van der Waals surface area (Å²) in [5, 5.41) is 23.7. The van der Waals surface area contributed by atoms with Crippen LogP contribution >= 0.6 is 0 Å². The molecule has 1 aliphatic rings. The molecule has 0 aliphatic heterocycles. The maximum atomic E-state index is 12.6. The normalized spacial score (nSPS) is 17.6. The van der Waals surface area contributed by atoms with Crippen LogP contribution in [0.15, 0.2) is 0 Å². The Bertz CT molecular complexity index is 763. The number of unbranched alkanes of at least 4 members (excludes halogenated alkanes) is 11. The van der Waals surface area contributed by atoms with Crippen molar-refractivity contribution < 1.29 is 34.2 Å². The van der Waals surface area contributed by atoms with Crippen LogP contribution in [0.1, 0.15) is 142 Å². The molecule has 230 valence electrons. The van der Waals surface area contributed by atoms with Crippen molar-refractivity contribution >= 4 is 29.5 Å². The number of carbonyl (C=O) groups is 5. The number of amides is 2. The number of Topliss-reactive ketones (excluding diaryl/α,β-unsaturated/α-hetero) is 1. The van der Waals surface area contributed by atoms with E-state index in [1.807, 2.05) is 0 Å². The Morgan fingerprint density at radius 3 is 1.65 bits per heavy atom. The minimum atomic E-state index is -1.07. The fourth-order valence-corrected chi connectivity index (χ4v) is 5.41. The molecule has 2 amide bonds. The van der Waals surface area contributed by atoms with Gasteiger partial charge in [-0.15, -0.1) is 0 Å². The van der Waals surface area contributed by atoms with Crippen molar-refractivity contribution in [2.24, 2.45) is 11.8 Å². The van der Waals surface area contributed by atoms with Crippen LogP contribution in [0.2, 0.25) is 0 Å². The van der Waals surface area contributed by atoms with Crippen molar-refractivity contribution in [1.82, 2.24) is 10.6 Å². The number of ketones is 1. The summed E-state index contributed by atoms with van der Waals surface area (Å²) >= 11 is 0. The number of carboxylic acid groups (broad SMARTS) is 2. The molecule has 0 saturated heterocycles. The lowest BCUT2D eigenvalue weighted by atomic mass is 9.81. The SMILES string of the molecule is CC(=O)CCC[C@H](NC(=O)C1CCC(CNC(=O)CCCCCCCCCCCCCCC(=O)O)CC1)C(=O)O. The molecular weight excluding hydrogens is 512 g/mol. The molecule has 4 N–H and O–H groups in total. The highest BCUT2D eigenvalue weighted by Gasteiger charge is 2.29. The predicted molar refractivity (Wildman–Crippen MR) is 155 cm³/mol. The van der Waals surface area contributed by atoms with E-state index in [2.05, 4.69) is 10.6 Å². The van der Waals surface area contributed by atoms with Crippen LogP contribution in [0.25, 0.3) is 0 Å². The molecule has 0 aromatic rings. The lowest BCUT2D eigenvalue weighted by Crippen LogP contribution is -2.44. The van der Waals surface area contributed by atoms with Crippen molar-refractivity contribution in [2.75, 3.05) is 6.54 Å². The number of nitrogens with one attached hydrogen (secondary N) is 2. The number of hydrogen-bond acceptors (Lipinski definition) is 5. The molecule has 1 aliphatic carbocycles. The van der Waals surface area contributed by atoms with Gasteiger partial charge in [-0.2, -0.15) is 0 Å². The van der Waals surface area contributed by atoms with Gasteiger partial charge < -0.3 is 25.6 Å². The summed E-state index contributed by atoms with van der Waals surface area (Å²) in [5.74, 6) is -1.72.